The minimum absolute atomic E-state index is 0.0853. The van der Waals surface area contributed by atoms with Crippen LogP contribution in [-0.4, -0.2) is 36.9 Å². The number of pyridine rings is 1. The highest BCUT2D eigenvalue weighted by molar-refractivity contribution is 6.00. The van der Waals surface area contributed by atoms with Crippen molar-refractivity contribution in [1.82, 2.24) is 10.3 Å². The van der Waals surface area contributed by atoms with Crippen molar-refractivity contribution < 1.29 is 14.0 Å². The molecule has 0 unspecified atom stereocenters. The van der Waals surface area contributed by atoms with E-state index in [-0.39, 0.29) is 17.6 Å². The van der Waals surface area contributed by atoms with Crippen LogP contribution < -0.4 is 15.5 Å². The third kappa shape index (κ3) is 4.34. The first-order chi connectivity index (χ1) is 11.4. The van der Waals surface area contributed by atoms with E-state index in [1.807, 2.05) is 32.8 Å². The van der Waals surface area contributed by atoms with Crippen LogP contribution in [0.25, 0.3) is 0 Å². The Morgan fingerprint density at radius 3 is 2.46 bits per heavy atom. The summed E-state index contributed by atoms with van der Waals surface area (Å²) in [6, 6.07) is 6.07. The number of furan rings is 1. The number of carbonyl (C=O) groups excluding carboxylic acids is 2. The molecule has 7 nitrogen and oxygen atoms in total. The summed E-state index contributed by atoms with van der Waals surface area (Å²) in [4.78, 5) is 30.7. The quantitative estimate of drug-likeness (QED) is 0.847. The summed E-state index contributed by atoms with van der Waals surface area (Å²) < 4.78 is 5.05. The number of hydrogen-bond acceptors (Lipinski definition) is 5. The van der Waals surface area contributed by atoms with E-state index >= 15 is 0 Å². The van der Waals surface area contributed by atoms with Gasteiger partial charge in [0.05, 0.1) is 18.1 Å². The van der Waals surface area contributed by atoms with Gasteiger partial charge in [0.15, 0.2) is 5.76 Å². The fraction of sp³-hybridized carbons (Fsp3) is 0.353. The number of anilines is 2. The molecule has 0 spiro atoms. The lowest BCUT2D eigenvalue weighted by Crippen LogP contribution is -2.47. The average molecular weight is 330 g/mol. The van der Waals surface area contributed by atoms with Crippen molar-refractivity contribution in [1.29, 1.82) is 0 Å². The molecule has 2 heterocycles. The molecule has 0 aromatic carbocycles. The molecule has 2 aromatic heterocycles. The molecule has 7 heteroatoms. The van der Waals surface area contributed by atoms with Crippen LogP contribution in [0, 0.1) is 5.92 Å². The molecule has 0 aliphatic rings. The molecular weight excluding hydrogens is 308 g/mol. The Bertz CT molecular complexity index is 678. The first-order valence-corrected chi connectivity index (χ1v) is 7.67. The van der Waals surface area contributed by atoms with Crippen molar-refractivity contribution in [3.05, 3.63) is 42.5 Å². The number of hydrogen-bond donors (Lipinski definition) is 2. The lowest BCUT2D eigenvalue weighted by Gasteiger charge is -2.21. The lowest BCUT2D eigenvalue weighted by atomic mass is 10.0. The van der Waals surface area contributed by atoms with Crippen molar-refractivity contribution in [2.75, 3.05) is 24.3 Å². The van der Waals surface area contributed by atoms with Crippen LogP contribution in [-0.2, 0) is 4.79 Å². The van der Waals surface area contributed by atoms with Gasteiger partial charge in [-0.1, -0.05) is 13.8 Å². The van der Waals surface area contributed by atoms with Crippen LogP contribution in [0.4, 0.5) is 11.5 Å². The molecule has 24 heavy (non-hydrogen) atoms. The van der Waals surface area contributed by atoms with E-state index in [1.54, 1.807) is 30.5 Å². The topological polar surface area (TPSA) is 87.5 Å². The number of nitrogens with one attached hydrogen (secondary N) is 2. The van der Waals surface area contributed by atoms with Gasteiger partial charge in [-0.3, -0.25) is 9.59 Å². The predicted octanol–water partition coefficient (Wildman–Crippen LogP) is 2.13. The first-order valence-electron chi connectivity index (χ1n) is 7.67. The van der Waals surface area contributed by atoms with Gasteiger partial charge in [0.1, 0.15) is 11.9 Å². The summed E-state index contributed by atoms with van der Waals surface area (Å²) >= 11 is 0. The largest absolute Gasteiger partial charge is 0.459 e. The number of amides is 2. The van der Waals surface area contributed by atoms with E-state index in [2.05, 4.69) is 15.6 Å². The highest BCUT2D eigenvalue weighted by atomic mass is 16.3. The molecule has 0 aliphatic heterocycles. The zero-order valence-corrected chi connectivity index (χ0v) is 14.2. The van der Waals surface area contributed by atoms with Gasteiger partial charge < -0.3 is 20.0 Å². The summed E-state index contributed by atoms with van der Waals surface area (Å²) in [7, 11) is 3.78. The lowest BCUT2D eigenvalue weighted by molar-refractivity contribution is -0.118. The highest BCUT2D eigenvalue weighted by Crippen LogP contribution is 2.13. The molecule has 0 saturated carbocycles. The maximum absolute atomic E-state index is 12.5. The third-order valence-electron chi connectivity index (χ3n) is 3.45. The Morgan fingerprint density at radius 1 is 1.21 bits per heavy atom. The second-order valence-electron chi connectivity index (χ2n) is 5.96. The standard InChI is InChI=1S/C17H22N4O3/c1-11(2)15(20-16(22)13-6-5-9-24-13)17(23)19-12-7-8-14(18-10-12)21(3)4/h5-11,15H,1-4H3,(H,19,23)(H,20,22)/t15-/m1/s1. The van der Waals surface area contributed by atoms with Gasteiger partial charge in [-0.2, -0.15) is 0 Å². The fourth-order valence-corrected chi connectivity index (χ4v) is 2.10. The van der Waals surface area contributed by atoms with Gasteiger partial charge in [0, 0.05) is 14.1 Å². The Labute approximate surface area is 141 Å². The molecule has 0 fully saturated rings. The number of carbonyl (C=O) groups is 2. The van der Waals surface area contributed by atoms with Crippen LogP contribution in [0.15, 0.2) is 41.1 Å². The van der Waals surface area contributed by atoms with Crippen molar-refractivity contribution in [2.24, 2.45) is 5.92 Å². The Morgan fingerprint density at radius 2 is 1.96 bits per heavy atom. The molecular formula is C17H22N4O3. The summed E-state index contributed by atoms with van der Waals surface area (Å²) in [5, 5.41) is 5.47. The zero-order valence-electron chi connectivity index (χ0n) is 14.2. The molecule has 0 bridgehead atoms. The minimum Gasteiger partial charge on any atom is -0.459 e. The fourth-order valence-electron chi connectivity index (χ4n) is 2.10. The van der Waals surface area contributed by atoms with E-state index in [0.29, 0.717) is 5.69 Å². The Kier molecular flexibility index (Phi) is 5.57. The highest BCUT2D eigenvalue weighted by Gasteiger charge is 2.25. The monoisotopic (exact) mass is 330 g/mol. The SMILES string of the molecule is CC(C)[C@@H](NC(=O)c1ccco1)C(=O)Nc1ccc(N(C)C)nc1. The van der Waals surface area contributed by atoms with Gasteiger partial charge in [-0.25, -0.2) is 4.98 Å². The first kappa shape index (κ1) is 17.5. The van der Waals surface area contributed by atoms with Gasteiger partial charge in [-0.05, 0) is 30.2 Å². The molecule has 0 saturated heterocycles. The van der Waals surface area contributed by atoms with Crippen molar-refractivity contribution in [2.45, 2.75) is 19.9 Å². The Balaban J connectivity index is 2.04. The smallest absolute Gasteiger partial charge is 0.287 e. The second kappa shape index (κ2) is 7.63. The van der Waals surface area contributed by atoms with Gasteiger partial charge >= 0.3 is 0 Å². The summed E-state index contributed by atoms with van der Waals surface area (Å²) in [6.07, 6.45) is 3.00. The molecule has 2 aromatic rings. The van der Waals surface area contributed by atoms with Crippen LogP contribution in [0.1, 0.15) is 24.4 Å². The molecule has 0 aliphatic carbocycles. The van der Waals surface area contributed by atoms with Crippen LogP contribution in [0.2, 0.25) is 0 Å². The van der Waals surface area contributed by atoms with E-state index in [1.165, 1.54) is 6.26 Å². The van der Waals surface area contributed by atoms with Gasteiger partial charge in [-0.15, -0.1) is 0 Å². The number of rotatable bonds is 6. The van der Waals surface area contributed by atoms with Gasteiger partial charge in [0.2, 0.25) is 5.91 Å². The van der Waals surface area contributed by atoms with E-state index < -0.39 is 11.9 Å². The van der Waals surface area contributed by atoms with E-state index in [9.17, 15) is 9.59 Å². The molecule has 128 valence electrons. The van der Waals surface area contributed by atoms with Crippen molar-refractivity contribution in [3.8, 4) is 0 Å². The average Bonchev–Trinajstić information content (AvgIpc) is 3.07. The molecule has 2 N–H and O–H groups in total. The molecule has 2 amide bonds. The molecule has 2 rings (SSSR count). The van der Waals surface area contributed by atoms with Crippen LogP contribution >= 0.6 is 0 Å². The third-order valence-corrected chi connectivity index (χ3v) is 3.45. The second-order valence-corrected chi connectivity index (χ2v) is 5.96. The maximum atomic E-state index is 12.5. The van der Waals surface area contributed by atoms with Crippen LogP contribution in [0.5, 0.6) is 0 Å². The predicted molar refractivity (Wildman–Crippen MR) is 92.0 cm³/mol. The van der Waals surface area contributed by atoms with E-state index in [0.717, 1.165) is 5.82 Å². The Hall–Kier alpha value is -2.83. The summed E-state index contributed by atoms with van der Waals surface area (Å²) in [5.41, 5.74) is 0.573. The molecule has 0 radical (unpaired) electrons. The van der Waals surface area contributed by atoms with E-state index in [4.69, 9.17) is 4.42 Å². The zero-order chi connectivity index (χ0) is 17.7. The number of aromatic nitrogens is 1. The minimum atomic E-state index is -0.684. The molecule has 1 atom stereocenters. The van der Waals surface area contributed by atoms with Gasteiger partial charge in [0.25, 0.3) is 5.91 Å². The summed E-state index contributed by atoms with van der Waals surface area (Å²) in [5.74, 6) is 0.155. The number of nitrogens with zero attached hydrogens (tertiary/aromatic N) is 2. The van der Waals surface area contributed by atoms with Crippen molar-refractivity contribution >= 4 is 23.3 Å². The van der Waals surface area contributed by atoms with Crippen molar-refractivity contribution in [3.63, 3.8) is 0 Å². The van der Waals surface area contributed by atoms with Crippen LogP contribution in [0.3, 0.4) is 0 Å². The summed E-state index contributed by atoms with van der Waals surface area (Å²) in [6.45, 7) is 3.72. The normalized spacial score (nSPS) is 11.9. The maximum Gasteiger partial charge on any atom is 0.287 e.